The molecular formula is C28H28O4Si. The summed E-state index contributed by atoms with van der Waals surface area (Å²) in [5, 5.41) is 0.878. The van der Waals surface area contributed by atoms with Crippen molar-refractivity contribution in [2.75, 3.05) is 21.0 Å². The van der Waals surface area contributed by atoms with E-state index in [9.17, 15) is 0 Å². The quantitative estimate of drug-likeness (QED) is 0.189. The van der Waals surface area contributed by atoms with E-state index in [4.69, 9.17) is 18.0 Å². The van der Waals surface area contributed by atoms with Crippen LogP contribution in [0.5, 0.6) is 0 Å². The van der Waals surface area contributed by atoms with Gasteiger partial charge in [-0.05, 0) is 16.7 Å². The van der Waals surface area contributed by atoms with Crippen LogP contribution in [-0.2, 0) is 23.6 Å². The third-order valence-corrected chi connectivity index (χ3v) is 8.34. The highest BCUT2D eigenvalue weighted by Gasteiger charge is 2.44. The molecule has 4 rings (SSSR count). The van der Waals surface area contributed by atoms with Gasteiger partial charge in [-0.2, -0.15) is 0 Å². The Balaban J connectivity index is 1.76. The summed E-state index contributed by atoms with van der Waals surface area (Å²) in [5.41, 5.74) is 2.15. The summed E-state index contributed by atoms with van der Waals surface area (Å²) in [4.78, 5) is 0. The predicted octanol–water partition coefficient (Wildman–Crippen LogP) is 5.11. The first-order chi connectivity index (χ1) is 16.2. The van der Waals surface area contributed by atoms with Crippen LogP contribution in [0.15, 0.2) is 121 Å². The van der Waals surface area contributed by atoms with Gasteiger partial charge in [-0.25, -0.2) is 0 Å². The molecule has 0 saturated carbocycles. The number of hydrogen-bond acceptors (Lipinski definition) is 4. The van der Waals surface area contributed by atoms with E-state index in [1.807, 2.05) is 84.9 Å². The van der Waals surface area contributed by atoms with Gasteiger partial charge in [-0.3, -0.25) is 0 Å². The topological polar surface area (TPSA) is 36.9 Å². The molecular weight excluding hydrogens is 428 g/mol. The van der Waals surface area contributed by atoms with Gasteiger partial charge in [-0.15, -0.1) is 0 Å². The van der Waals surface area contributed by atoms with Gasteiger partial charge in [-0.1, -0.05) is 121 Å². The van der Waals surface area contributed by atoms with E-state index in [1.54, 1.807) is 14.2 Å². The maximum Gasteiger partial charge on any atom is 0.538 e. The molecule has 0 aliphatic rings. The monoisotopic (exact) mass is 456 g/mol. The lowest BCUT2D eigenvalue weighted by atomic mass is 9.80. The lowest BCUT2D eigenvalue weighted by Crippen LogP contribution is -2.56. The molecule has 0 aliphatic heterocycles. The second-order valence-corrected chi connectivity index (χ2v) is 10.3. The van der Waals surface area contributed by atoms with Crippen molar-refractivity contribution < 1.29 is 18.0 Å². The predicted molar refractivity (Wildman–Crippen MR) is 132 cm³/mol. The summed E-state index contributed by atoms with van der Waals surface area (Å²) < 4.78 is 24.7. The fourth-order valence-corrected chi connectivity index (χ4v) is 5.98. The molecule has 0 amide bonds. The number of benzene rings is 4. The van der Waals surface area contributed by atoms with Gasteiger partial charge in [0.25, 0.3) is 0 Å². The molecule has 0 saturated heterocycles. The van der Waals surface area contributed by atoms with Gasteiger partial charge in [0.15, 0.2) is 0 Å². The number of ether oxygens (including phenoxy) is 1. The molecule has 0 aliphatic carbocycles. The Bertz CT molecular complexity index is 1010. The zero-order chi connectivity index (χ0) is 23.0. The van der Waals surface area contributed by atoms with Crippen molar-refractivity contribution >= 4 is 14.0 Å². The summed E-state index contributed by atoms with van der Waals surface area (Å²) in [6.45, 7) is -0.0263. The summed E-state index contributed by atoms with van der Waals surface area (Å²) in [5.74, 6) is 0. The molecule has 0 N–H and O–H groups in total. The fraction of sp³-hybridized carbons (Fsp3) is 0.143. The Labute approximate surface area is 196 Å². The Morgan fingerprint density at radius 1 is 0.545 bits per heavy atom. The molecule has 33 heavy (non-hydrogen) atoms. The van der Waals surface area contributed by atoms with Crippen LogP contribution in [0, 0.1) is 0 Å². The zero-order valence-corrected chi connectivity index (χ0v) is 19.9. The first-order valence-corrected chi connectivity index (χ1v) is 12.6. The summed E-state index contributed by atoms with van der Waals surface area (Å²) in [7, 11) is 0.0782. The lowest BCUT2D eigenvalue weighted by molar-refractivity contribution is -0.0894. The first-order valence-electron chi connectivity index (χ1n) is 10.9. The first kappa shape index (κ1) is 23.1. The third-order valence-electron chi connectivity index (χ3n) is 5.73. The van der Waals surface area contributed by atoms with E-state index in [0.29, 0.717) is 0 Å². The van der Waals surface area contributed by atoms with E-state index in [-0.39, 0.29) is 6.79 Å². The van der Waals surface area contributed by atoms with Crippen molar-refractivity contribution in [2.45, 2.75) is 5.60 Å². The lowest BCUT2D eigenvalue weighted by Gasteiger charge is -2.37. The largest absolute Gasteiger partial charge is 0.538 e. The zero-order valence-electron chi connectivity index (χ0n) is 18.9. The van der Waals surface area contributed by atoms with E-state index >= 15 is 0 Å². The highest BCUT2D eigenvalue weighted by atomic mass is 28.4. The molecule has 4 aromatic rings. The minimum atomic E-state index is -3.15. The molecule has 0 atom stereocenters. The van der Waals surface area contributed by atoms with Crippen molar-refractivity contribution in [1.82, 2.24) is 0 Å². The molecule has 0 bridgehead atoms. The second kappa shape index (κ2) is 10.7. The van der Waals surface area contributed by atoms with Crippen LogP contribution in [-0.4, -0.2) is 29.8 Å². The Kier molecular flexibility index (Phi) is 7.49. The average molecular weight is 457 g/mol. The smallest absolute Gasteiger partial charge is 0.373 e. The highest BCUT2D eigenvalue weighted by molar-refractivity contribution is 6.75. The highest BCUT2D eigenvalue weighted by Crippen LogP contribution is 2.40. The van der Waals surface area contributed by atoms with Crippen LogP contribution in [0.3, 0.4) is 0 Å². The summed E-state index contributed by atoms with van der Waals surface area (Å²) in [6, 6.07) is 40.4. The molecule has 0 heterocycles. The fourth-order valence-electron chi connectivity index (χ4n) is 4.13. The molecule has 4 aromatic carbocycles. The van der Waals surface area contributed by atoms with Gasteiger partial charge in [0.05, 0.1) is 0 Å². The van der Waals surface area contributed by atoms with Crippen molar-refractivity contribution in [3.63, 3.8) is 0 Å². The molecule has 0 radical (unpaired) electrons. The number of hydrogen-bond donors (Lipinski definition) is 0. The standard InChI is InChI=1S/C28H28O4Si/c1-29-33(30-2,27-21-13-6-14-22-27)32-23-31-28(24-15-7-3-8-16-24,25-17-9-4-10-18-25)26-19-11-5-12-20-26/h3-22H,23H2,1-2H3. The van der Waals surface area contributed by atoms with Crippen LogP contribution < -0.4 is 5.19 Å². The Morgan fingerprint density at radius 2 is 0.909 bits per heavy atom. The van der Waals surface area contributed by atoms with Gasteiger partial charge in [0, 0.05) is 19.4 Å². The SMILES string of the molecule is CO[Si](OC)(OCOC(c1ccccc1)(c1ccccc1)c1ccccc1)c1ccccc1. The summed E-state index contributed by atoms with van der Waals surface area (Å²) >= 11 is 0. The van der Waals surface area contributed by atoms with E-state index in [1.165, 1.54) is 0 Å². The van der Waals surface area contributed by atoms with Gasteiger partial charge < -0.3 is 18.0 Å². The summed E-state index contributed by atoms with van der Waals surface area (Å²) in [6.07, 6.45) is 0. The molecule has 4 nitrogen and oxygen atoms in total. The maximum atomic E-state index is 6.72. The Hall–Kier alpha value is -3.06. The van der Waals surface area contributed by atoms with Gasteiger partial charge in [0.1, 0.15) is 12.4 Å². The van der Waals surface area contributed by atoms with Crippen molar-refractivity contribution in [2.24, 2.45) is 0 Å². The van der Waals surface area contributed by atoms with Crippen LogP contribution in [0.25, 0.3) is 0 Å². The van der Waals surface area contributed by atoms with Crippen LogP contribution in [0.4, 0.5) is 0 Å². The normalized spacial score (nSPS) is 11.9. The molecule has 168 valence electrons. The van der Waals surface area contributed by atoms with Gasteiger partial charge in [0.2, 0.25) is 0 Å². The molecule has 5 heteroatoms. The Morgan fingerprint density at radius 3 is 1.27 bits per heavy atom. The van der Waals surface area contributed by atoms with Crippen molar-refractivity contribution in [1.29, 1.82) is 0 Å². The van der Waals surface area contributed by atoms with Crippen LogP contribution >= 0.6 is 0 Å². The van der Waals surface area contributed by atoms with E-state index < -0.39 is 14.4 Å². The van der Waals surface area contributed by atoms with Crippen LogP contribution in [0.1, 0.15) is 16.7 Å². The van der Waals surface area contributed by atoms with E-state index in [0.717, 1.165) is 21.9 Å². The number of rotatable bonds is 10. The maximum absolute atomic E-state index is 6.72. The van der Waals surface area contributed by atoms with Gasteiger partial charge >= 0.3 is 8.80 Å². The van der Waals surface area contributed by atoms with E-state index in [2.05, 4.69) is 36.4 Å². The van der Waals surface area contributed by atoms with Crippen molar-refractivity contribution in [3.05, 3.63) is 138 Å². The minimum absolute atomic E-state index is 0.0263. The molecule has 0 spiro atoms. The minimum Gasteiger partial charge on any atom is -0.373 e. The molecule has 0 unspecified atom stereocenters. The molecule has 0 aromatic heterocycles. The third kappa shape index (κ3) is 4.69. The van der Waals surface area contributed by atoms with Crippen molar-refractivity contribution in [3.8, 4) is 0 Å². The second-order valence-electron chi connectivity index (χ2n) is 7.52. The van der Waals surface area contributed by atoms with Crippen LogP contribution in [0.2, 0.25) is 0 Å². The molecule has 0 fully saturated rings. The average Bonchev–Trinajstić information content (AvgIpc) is 2.91.